The van der Waals surface area contributed by atoms with Gasteiger partial charge in [0, 0.05) is 10.0 Å². The summed E-state index contributed by atoms with van der Waals surface area (Å²) in [7, 11) is 0. The molecule has 21 heavy (non-hydrogen) atoms. The summed E-state index contributed by atoms with van der Waals surface area (Å²) in [6.07, 6.45) is -4.84. The molecule has 110 valence electrons. The Morgan fingerprint density at radius 1 is 1.10 bits per heavy atom. The van der Waals surface area contributed by atoms with Gasteiger partial charge in [0.25, 0.3) is 5.91 Å². The van der Waals surface area contributed by atoms with E-state index in [0.29, 0.717) is 10.0 Å². The summed E-state index contributed by atoms with van der Waals surface area (Å²) < 4.78 is 41.4. The highest BCUT2D eigenvalue weighted by atomic mass is 79.9. The van der Waals surface area contributed by atoms with Crippen molar-refractivity contribution in [3.63, 3.8) is 0 Å². The molecule has 0 aliphatic carbocycles. The van der Waals surface area contributed by atoms with Gasteiger partial charge in [0.15, 0.2) is 5.75 Å². The molecule has 0 atom stereocenters. The SMILES string of the molecule is O=C(Nc1ccc(Br)cc1OC(F)(F)F)c1ccccc1. The minimum atomic E-state index is -4.84. The van der Waals surface area contributed by atoms with Crippen LogP contribution in [0.4, 0.5) is 18.9 Å². The summed E-state index contributed by atoms with van der Waals surface area (Å²) in [5, 5.41) is 2.39. The number of benzene rings is 2. The molecule has 0 spiro atoms. The minimum absolute atomic E-state index is 0.0654. The maximum atomic E-state index is 12.4. The zero-order valence-corrected chi connectivity index (χ0v) is 12.0. The number of carbonyl (C=O) groups excluding carboxylic acids is 1. The fraction of sp³-hybridized carbons (Fsp3) is 0.0714. The fourth-order valence-electron chi connectivity index (χ4n) is 1.59. The topological polar surface area (TPSA) is 38.3 Å². The van der Waals surface area contributed by atoms with E-state index in [2.05, 4.69) is 26.0 Å². The normalized spacial score (nSPS) is 11.0. The molecule has 7 heteroatoms. The lowest BCUT2D eigenvalue weighted by Crippen LogP contribution is -2.19. The zero-order chi connectivity index (χ0) is 15.5. The van der Waals surface area contributed by atoms with Gasteiger partial charge in [0.2, 0.25) is 0 Å². The maximum absolute atomic E-state index is 12.4. The van der Waals surface area contributed by atoms with E-state index in [1.165, 1.54) is 12.1 Å². The number of amides is 1. The van der Waals surface area contributed by atoms with Crippen molar-refractivity contribution in [2.75, 3.05) is 5.32 Å². The number of halogens is 4. The van der Waals surface area contributed by atoms with Gasteiger partial charge in [0.05, 0.1) is 5.69 Å². The van der Waals surface area contributed by atoms with Crippen LogP contribution in [0.5, 0.6) is 5.75 Å². The first kappa shape index (κ1) is 15.4. The molecule has 0 aliphatic rings. The Balaban J connectivity index is 2.25. The summed E-state index contributed by atoms with van der Waals surface area (Å²) in [5.74, 6) is -1.01. The van der Waals surface area contributed by atoms with Gasteiger partial charge >= 0.3 is 6.36 Å². The van der Waals surface area contributed by atoms with Crippen LogP contribution in [0.15, 0.2) is 53.0 Å². The van der Waals surface area contributed by atoms with Gasteiger partial charge in [-0.3, -0.25) is 4.79 Å². The third-order valence-corrected chi connectivity index (χ3v) is 2.95. The lowest BCUT2D eigenvalue weighted by molar-refractivity contribution is -0.274. The molecule has 0 bridgehead atoms. The second kappa shape index (κ2) is 6.17. The molecule has 0 heterocycles. The second-order valence-corrected chi connectivity index (χ2v) is 4.92. The zero-order valence-electron chi connectivity index (χ0n) is 10.4. The number of rotatable bonds is 3. The van der Waals surface area contributed by atoms with Gasteiger partial charge in [-0.15, -0.1) is 13.2 Å². The monoisotopic (exact) mass is 359 g/mol. The van der Waals surface area contributed by atoms with E-state index < -0.39 is 18.0 Å². The highest BCUT2D eigenvalue weighted by Gasteiger charge is 2.32. The quantitative estimate of drug-likeness (QED) is 0.869. The molecule has 0 radical (unpaired) electrons. The van der Waals surface area contributed by atoms with Crippen molar-refractivity contribution in [2.45, 2.75) is 6.36 Å². The molecule has 2 aromatic carbocycles. The van der Waals surface area contributed by atoms with Crippen LogP contribution < -0.4 is 10.1 Å². The van der Waals surface area contributed by atoms with Crippen molar-refractivity contribution in [3.8, 4) is 5.75 Å². The van der Waals surface area contributed by atoms with E-state index >= 15 is 0 Å². The average molecular weight is 360 g/mol. The van der Waals surface area contributed by atoms with Crippen molar-refractivity contribution in [2.24, 2.45) is 0 Å². The predicted molar refractivity (Wildman–Crippen MR) is 75.2 cm³/mol. The molecule has 2 aromatic rings. The second-order valence-electron chi connectivity index (χ2n) is 4.01. The number of nitrogens with one attached hydrogen (secondary N) is 1. The highest BCUT2D eigenvalue weighted by molar-refractivity contribution is 9.10. The molecule has 0 fully saturated rings. The van der Waals surface area contributed by atoms with Gasteiger partial charge in [-0.05, 0) is 30.3 Å². The molecular formula is C14H9BrF3NO2. The number of carbonyl (C=O) groups is 1. The standard InChI is InChI=1S/C14H9BrF3NO2/c15-10-6-7-11(12(8-10)21-14(16,17)18)19-13(20)9-4-2-1-3-5-9/h1-8H,(H,19,20). The van der Waals surface area contributed by atoms with Crippen LogP contribution in [0.1, 0.15) is 10.4 Å². The summed E-state index contributed by atoms with van der Waals surface area (Å²) in [5.41, 5.74) is 0.266. The van der Waals surface area contributed by atoms with Crippen LogP contribution >= 0.6 is 15.9 Å². The molecular weight excluding hydrogens is 351 g/mol. The Morgan fingerprint density at radius 2 is 1.76 bits per heavy atom. The molecule has 0 unspecified atom stereocenters. The predicted octanol–water partition coefficient (Wildman–Crippen LogP) is 4.60. The number of hydrogen-bond donors (Lipinski definition) is 1. The van der Waals surface area contributed by atoms with Gasteiger partial charge in [-0.2, -0.15) is 0 Å². The molecule has 3 nitrogen and oxygen atoms in total. The van der Waals surface area contributed by atoms with E-state index in [1.807, 2.05) is 0 Å². The molecule has 1 amide bonds. The number of hydrogen-bond acceptors (Lipinski definition) is 2. The first-order valence-electron chi connectivity index (χ1n) is 5.77. The van der Waals surface area contributed by atoms with Crippen LogP contribution in [-0.2, 0) is 0 Å². The lowest BCUT2D eigenvalue weighted by Gasteiger charge is -2.14. The Bertz CT molecular complexity index is 644. The summed E-state index contributed by atoms with van der Waals surface area (Å²) >= 11 is 3.05. The van der Waals surface area contributed by atoms with Crippen molar-refractivity contribution in [1.29, 1.82) is 0 Å². The van der Waals surface area contributed by atoms with Crippen molar-refractivity contribution < 1.29 is 22.7 Å². The van der Waals surface area contributed by atoms with Crippen molar-refractivity contribution in [3.05, 3.63) is 58.6 Å². The van der Waals surface area contributed by atoms with E-state index in [4.69, 9.17) is 0 Å². The van der Waals surface area contributed by atoms with Crippen molar-refractivity contribution >= 4 is 27.5 Å². The molecule has 0 aromatic heterocycles. The summed E-state index contributed by atoms with van der Waals surface area (Å²) in [6.45, 7) is 0. The lowest BCUT2D eigenvalue weighted by atomic mass is 10.2. The van der Waals surface area contributed by atoms with Crippen LogP contribution in [0.25, 0.3) is 0 Å². The summed E-state index contributed by atoms with van der Waals surface area (Å²) in [6, 6.07) is 12.1. The minimum Gasteiger partial charge on any atom is -0.404 e. The van der Waals surface area contributed by atoms with Crippen LogP contribution in [0, 0.1) is 0 Å². The largest absolute Gasteiger partial charge is 0.573 e. The van der Waals surface area contributed by atoms with Crippen LogP contribution in [0.2, 0.25) is 0 Å². The summed E-state index contributed by atoms with van der Waals surface area (Å²) in [4.78, 5) is 12.0. The van der Waals surface area contributed by atoms with E-state index in [9.17, 15) is 18.0 Å². The smallest absolute Gasteiger partial charge is 0.404 e. The van der Waals surface area contributed by atoms with E-state index in [-0.39, 0.29) is 5.69 Å². The van der Waals surface area contributed by atoms with Gasteiger partial charge < -0.3 is 10.1 Å². The number of ether oxygens (including phenoxy) is 1. The maximum Gasteiger partial charge on any atom is 0.573 e. The van der Waals surface area contributed by atoms with E-state index in [0.717, 1.165) is 6.07 Å². The molecule has 1 N–H and O–H groups in total. The Hall–Kier alpha value is -2.02. The van der Waals surface area contributed by atoms with Gasteiger partial charge in [0.1, 0.15) is 0 Å². The number of anilines is 1. The van der Waals surface area contributed by atoms with Crippen LogP contribution in [0.3, 0.4) is 0 Å². The molecule has 0 saturated carbocycles. The third kappa shape index (κ3) is 4.49. The molecule has 2 rings (SSSR count). The van der Waals surface area contributed by atoms with E-state index in [1.54, 1.807) is 30.3 Å². The Kier molecular flexibility index (Phi) is 4.52. The van der Waals surface area contributed by atoms with Gasteiger partial charge in [-0.25, -0.2) is 0 Å². The van der Waals surface area contributed by atoms with Crippen molar-refractivity contribution in [1.82, 2.24) is 0 Å². The Morgan fingerprint density at radius 3 is 2.38 bits per heavy atom. The Labute approximate surface area is 126 Å². The highest BCUT2D eigenvalue weighted by Crippen LogP contribution is 2.33. The molecule has 0 saturated heterocycles. The molecule has 0 aliphatic heterocycles. The fourth-order valence-corrected chi connectivity index (χ4v) is 1.93. The van der Waals surface area contributed by atoms with Gasteiger partial charge in [-0.1, -0.05) is 34.1 Å². The average Bonchev–Trinajstić information content (AvgIpc) is 2.41. The first-order chi connectivity index (χ1) is 9.85. The van der Waals surface area contributed by atoms with Crippen LogP contribution in [-0.4, -0.2) is 12.3 Å². The number of alkyl halides is 3. The first-order valence-corrected chi connectivity index (χ1v) is 6.56. The third-order valence-electron chi connectivity index (χ3n) is 2.45.